The zero-order valence-corrected chi connectivity index (χ0v) is 24.6. The molecule has 0 aliphatic carbocycles. The molecule has 6 nitrogen and oxygen atoms in total. The van der Waals surface area contributed by atoms with Gasteiger partial charge in [0.05, 0.1) is 24.2 Å². The maximum Gasteiger partial charge on any atom is 0.335 e. The van der Waals surface area contributed by atoms with E-state index in [0.717, 1.165) is 24.9 Å². The smallest absolute Gasteiger partial charge is 0.335 e. The van der Waals surface area contributed by atoms with Gasteiger partial charge in [0, 0.05) is 7.05 Å². The van der Waals surface area contributed by atoms with Gasteiger partial charge in [-0.15, -0.1) is 0 Å². The van der Waals surface area contributed by atoms with Crippen molar-refractivity contribution >= 4 is 89.9 Å². The summed E-state index contributed by atoms with van der Waals surface area (Å²) < 4.78 is 7.88. The second-order valence-corrected chi connectivity index (χ2v) is 11.5. The topological polar surface area (TPSA) is 79.2 Å². The molecule has 38 heavy (non-hydrogen) atoms. The molecule has 1 N–H and O–H groups in total. The molecule has 4 aromatic rings. The Balaban J connectivity index is 1.32. The normalized spacial score (nSPS) is 15.6. The Bertz CT molecular complexity index is 1610. The van der Waals surface area contributed by atoms with Gasteiger partial charge in [-0.2, -0.15) is 0 Å². The van der Waals surface area contributed by atoms with Crippen molar-refractivity contribution in [3.63, 3.8) is 0 Å². The highest BCUT2D eigenvalue weighted by Gasteiger charge is 2.30. The fourth-order valence-corrected chi connectivity index (χ4v) is 6.63. The zero-order chi connectivity index (χ0) is 26.8. The van der Waals surface area contributed by atoms with E-state index in [0.29, 0.717) is 22.4 Å². The van der Waals surface area contributed by atoms with E-state index in [-0.39, 0.29) is 11.5 Å². The quantitative estimate of drug-likeness (QED) is 0.165. The van der Waals surface area contributed by atoms with E-state index < -0.39 is 5.97 Å². The molecule has 1 saturated heterocycles. The Labute approximate surface area is 245 Å². The number of carboxylic acid groups (broad SMARTS) is 1. The fourth-order valence-electron chi connectivity index (χ4n) is 3.88. The van der Waals surface area contributed by atoms with E-state index in [1.54, 1.807) is 19.2 Å². The molecule has 0 bridgehead atoms. The maximum absolute atomic E-state index is 12.9. The van der Waals surface area contributed by atoms with Gasteiger partial charge in [-0.1, -0.05) is 36.4 Å². The van der Waals surface area contributed by atoms with Crippen LogP contribution < -0.4 is 4.74 Å². The minimum absolute atomic E-state index is 0.154. The molecule has 0 saturated carbocycles. The number of aliphatic imine (C=N–C) groups is 1. The summed E-state index contributed by atoms with van der Waals surface area (Å²) in [5.74, 6) is -0.406. The fraction of sp³-hybridized carbons (Fsp3) is 0.0690. The lowest BCUT2D eigenvalue weighted by atomic mass is 10.1. The highest BCUT2D eigenvalue weighted by molar-refractivity contribution is 14.1. The number of hydrogen-bond donors (Lipinski definition) is 1. The van der Waals surface area contributed by atoms with Gasteiger partial charge in [-0.05, 0) is 121 Å². The lowest BCUT2D eigenvalue weighted by Crippen LogP contribution is -2.23. The summed E-state index contributed by atoms with van der Waals surface area (Å²) in [6, 6.07) is 24.6. The number of carbonyl (C=O) groups excluding carboxylic acids is 1. The monoisotopic (exact) mass is 698 g/mol. The van der Waals surface area contributed by atoms with Gasteiger partial charge in [0.2, 0.25) is 0 Å². The lowest BCUT2D eigenvalue weighted by molar-refractivity contribution is -0.121. The molecule has 9 heteroatoms. The number of halogens is 2. The summed E-state index contributed by atoms with van der Waals surface area (Å²) in [5, 5.41) is 12.0. The molecule has 4 aromatic carbocycles. The largest absolute Gasteiger partial charge is 0.487 e. The summed E-state index contributed by atoms with van der Waals surface area (Å²) in [7, 11) is 1.67. The number of hydrogen-bond acceptors (Lipinski definition) is 5. The summed E-state index contributed by atoms with van der Waals surface area (Å²) in [6.45, 7) is 0.437. The molecular formula is C29H20BrIN2O4S. The Morgan fingerprint density at radius 2 is 1.82 bits per heavy atom. The van der Waals surface area contributed by atoms with Crippen molar-refractivity contribution < 1.29 is 19.4 Å². The Morgan fingerprint density at radius 1 is 1.08 bits per heavy atom. The molecule has 1 aliphatic heterocycles. The number of carboxylic acids is 1. The predicted octanol–water partition coefficient (Wildman–Crippen LogP) is 7.72. The molecule has 1 heterocycles. The molecule has 0 atom stereocenters. The average molecular weight is 699 g/mol. The van der Waals surface area contributed by atoms with Crippen LogP contribution in [0.25, 0.3) is 16.8 Å². The highest BCUT2D eigenvalue weighted by atomic mass is 127. The molecule has 0 unspecified atom stereocenters. The first-order valence-electron chi connectivity index (χ1n) is 11.5. The third-order valence-corrected chi connectivity index (χ3v) is 8.31. The number of amides is 1. The van der Waals surface area contributed by atoms with Crippen LogP contribution in [0.15, 0.2) is 93.2 Å². The van der Waals surface area contributed by atoms with Gasteiger partial charge in [0.25, 0.3) is 5.91 Å². The number of benzene rings is 4. The van der Waals surface area contributed by atoms with Crippen molar-refractivity contribution in [2.24, 2.45) is 4.99 Å². The van der Waals surface area contributed by atoms with Crippen molar-refractivity contribution in [2.75, 3.05) is 7.05 Å². The van der Waals surface area contributed by atoms with Crippen LogP contribution in [0.1, 0.15) is 21.5 Å². The number of nitrogens with zero attached hydrogens (tertiary/aromatic N) is 2. The average Bonchev–Trinajstić information content (AvgIpc) is 3.16. The van der Waals surface area contributed by atoms with E-state index in [4.69, 9.17) is 9.84 Å². The van der Waals surface area contributed by atoms with Gasteiger partial charge in [0.1, 0.15) is 12.4 Å². The summed E-state index contributed by atoms with van der Waals surface area (Å²) in [6.07, 6.45) is 1.83. The van der Waals surface area contributed by atoms with E-state index in [1.165, 1.54) is 39.6 Å². The summed E-state index contributed by atoms with van der Waals surface area (Å²) in [4.78, 5) is 30.5. The number of thioether (sulfide) groups is 1. The van der Waals surface area contributed by atoms with Crippen LogP contribution in [0, 0.1) is 3.57 Å². The molecular weight excluding hydrogens is 679 g/mol. The van der Waals surface area contributed by atoms with Gasteiger partial charge in [-0.3, -0.25) is 9.69 Å². The summed E-state index contributed by atoms with van der Waals surface area (Å²) in [5.41, 5.74) is 2.69. The number of amidine groups is 1. The second kappa shape index (κ2) is 11.3. The molecule has 190 valence electrons. The Morgan fingerprint density at radius 3 is 2.53 bits per heavy atom. The number of rotatable bonds is 6. The summed E-state index contributed by atoms with van der Waals surface area (Å²) >= 11 is 7.15. The van der Waals surface area contributed by atoms with E-state index >= 15 is 0 Å². The Kier molecular flexibility index (Phi) is 7.87. The molecule has 1 aliphatic rings. The number of fused-ring (bicyclic) bond motifs is 1. The number of ether oxygens (including phenoxy) is 1. The van der Waals surface area contributed by atoms with Crippen molar-refractivity contribution in [3.05, 3.63) is 109 Å². The third kappa shape index (κ3) is 5.79. The van der Waals surface area contributed by atoms with Crippen LogP contribution in [0.3, 0.4) is 0 Å². The van der Waals surface area contributed by atoms with Crippen molar-refractivity contribution in [3.8, 4) is 5.75 Å². The molecule has 5 rings (SSSR count). The van der Waals surface area contributed by atoms with E-state index in [9.17, 15) is 9.59 Å². The van der Waals surface area contributed by atoms with Gasteiger partial charge in [-0.25, -0.2) is 9.79 Å². The van der Waals surface area contributed by atoms with Crippen LogP contribution in [-0.4, -0.2) is 34.1 Å². The standard InChI is InChI=1S/C29H20BrIN2O4S/c1-33-27(34)25(38-29(33)32-22-10-8-20(9-11-22)28(35)36)15-18-13-23(30)26(24(31)14-18)37-16-17-6-7-19-4-2-3-5-21(19)12-17/h2-15H,16H2,1H3,(H,35,36)/b25-15-,32-29?. The minimum atomic E-state index is -0.997. The van der Waals surface area contributed by atoms with Crippen molar-refractivity contribution in [1.29, 1.82) is 0 Å². The highest BCUT2D eigenvalue weighted by Crippen LogP contribution is 2.37. The molecule has 1 fully saturated rings. The van der Waals surface area contributed by atoms with E-state index in [1.807, 2.05) is 30.3 Å². The number of aromatic carboxylic acids is 1. The molecule has 0 radical (unpaired) electrons. The molecule has 0 aromatic heterocycles. The number of likely N-dealkylation sites (N-methyl/N-ethyl adjacent to an activating group) is 1. The molecule has 0 spiro atoms. The second-order valence-electron chi connectivity index (χ2n) is 8.51. The van der Waals surface area contributed by atoms with Crippen LogP contribution in [0.4, 0.5) is 5.69 Å². The first-order valence-corrected chi connectivity index (χ1v) is 14.2. The maximum atomic E-state index is 12.9. The SMILES string of the molecule is CN1C(=O)/C(=C/c2cc(Br)c(OCc3ccc4ccccc4c3)c(I)c2)SC1=Nc1ccc(C(=O)O)cc1. The van der Waals surface area contributed by atoms with Gasteiger partial charge >= 0.3 is 5.97 Å². The third-order valence-electron chi connectivity index (χ3n) is 5.86. The van der Waals surface area contributed by atoms with Crippen molar-refractivity contribution in [2.45, 2.75) is 6.61 Å². The number of carbonyl (C=O) groups is 2. The zero-order valence-electron chi connectivity index (χ0n) is 20.0. The van der Waals surface area contributed by atoms with E-state index in [2.05, 4.69) is 73.8 Å². The first kappa shape index (κ1) is 26.5. The molecule has 1 amide bonds. The van der Waals surface area contributed by atoms with Crippen LogP contribution in [-0.2, 0) is 11.4 Å². The van der Waals surface area contributed by atoms with Crippen molar-refractivity contribution in [1.82, 2.24) is 4.90 Å². The van der Waals surface area contributed by atoms with Crippen LogP contribution in [0.2, 0.25) is 0 Å². The Hall–Kier alpha value is -3.15. The first-order chi connectivity index (χ1) is 18.3. The lowest BCUT2D eigenvalue weighted by Gasteiger charge is -2.12. The van der Waals surface area contributed by atoms with Gasteiger partial charge in [0.15, 0.2) is 5.17 Å². The van der Waals surface area contributed by atoms with Gasteiger partial charge < -0.3 is 9.84 Å². The predicted molar refractivity (Wildman–Crippen MR) is 164 cm³/mol. The minimum Gasteiger partial charge on any atom is -0.487 e. The van der Waals surface area contributed by atoms with Crippen LogP contribution in [0.5, 0.6) is 5.75 Å². The van der Waals surface area contributed by atoms with Crippen LogP contribution >= 0.6 is 50.3 Å².